The van der Waals surface area contributed by atoms with Gasteiger partial charge >= 0.3 is 0 Å². The summed E-state index contributed by atoms with van der Waals surface area (Å²) in [5.74, 6) is 0.341. The standard InChI is InChI=1S/C24H22FN3O3/c25-18-8-6-16(7-9-18)19-14-20(19)23(29)27-10-12-28(13-11-27)24(30)21-15-22(31-26-21)17-4-2-1-3-5-17/h1-9,15,19-20H,10-14H2. The molecule has 5 rings (SSSR count). The van der Waals surface area contributed by atoms with Crippen molar-refractivity contribution in [3.8, 4) is 11.3 Å². The third-order valence-corrected chi connectivity index (χ3v) is 6.07. The molecule has 0 bridgehead atoms. The Kier molecular flexibility index (Phi) is 5.02. The molecule has 2 aliphatic rings. The zero-order chi connectivity index (χ0) is 21.4. The summed E-state index contributed by atoms with van der Waals surface area (Å²) < 4.78 is 18.4. The minimum absolute atomic E-state index is 0.0447. The lowest BCUT2D eigenvalue weighted by atomic mass is 10.1. The smallest absolute Gasteiger partial charge is 0.276 e. The Hall–Kier alpha value is -3.48. The zero-order valence-corrected chi connectivity index (χ0v) is 16.9. The molecule has 31 heavy (non-hydrogen) atoms. The summed E-state index contributed by atoms with van der Waals surface area (Å²) in [6.07, 6.45) is 0.796. The van der Waals surface area contributed by atoms with Crippen molar-refractivity contribution in [2.24, 2.45) is 5.92 Å². The van der Waals surface area contributed by atoms with Crippen molar-refractivity contribution in [2.75, 3.05) is 26.2 Å². The van der Waals surface area contributed by atoms with Gasteiger partial charge in [-0.25, -0.2) is 4.39 Å². The highest BCUT2D eigenvalue weighted by Gasteiger charge is 2.46. The first-order valence-electron chi connectivity index (χ1n) is 10.5. The minimum Gasteiger partial charge on any atom is -0.355 e. The Labute approximate surface area is 179 Å². The second-order valence-electron chi connectivity index (χ2n) is 8.06. The number of carbonyl (C=O) groups is 2. The van der Waals surface area contributed by atoms with E-state index in [-0.39, 0.29) is 35.2 Å². The van der Waals surface area contributed by atoms with Crippen LogP contribution in [0.3, 0.4) is 0 Å². The van der Waals surface area contributed by atoms with Gasteiger partial charge in [0.25, 0.3) is 5.91 Å². The Bertz CT molecular complexity index is 1090. The van der Waals surface area contributed by atoms with E-state index in [1.165, 1.54) is 12.1 Å². The summed E-state index contributed by atoms with van der Waals surface area (Å²) in [4.78, 5) is 29.2. The van der Waals surface area contributed by atoms with Crippen molar-refractivity contribution >= 4 is 11.8 Å². The number of rotatable bonds is 4. The number of carbonyl (C=O) groups excluding carboxylic acids is 2. The molecule has 2 aromatic carbocycles. The van der Waals surface area contributed by atoms with E-state index in [0.717, 1.165) is 17.5 Å². The molecule has 2 amide bonds. The average molecular weight is 419 g/mol. The van der Waals surface area contributed by atoms with Gasteiger partial charge in [-0.3, -0.25) is 9.59 Å². The van der Waals surface area contributed by atoms with Gasteiger partial charge in [-0.2, -0.15) is 0 Å². The topological polar surface area (TPSA) is 66.7 Å². The second-order valence-corrected chi connectivity index (χ2v) is 8.06. The van der Waals surface area contributed by atoms with Crippen molar-refractivity contribution in [1.29, 1.82) is 0 Å². The fourth-order valence-corrected chi connectivity index (χ4v) is 4.19. The molecule has 2 heterocycles. The fraction of sp³-hybridized carbons (Fsp3) is 0.292. The van der Waals surface area contributed by atoms with E-state index < -0.39 is 0 Å². The van der Waals surface area contributed by atoms with E-state index in [2.05, 4.69) is 5.16 Å². The number of halogens is 1. The predicted octanol–water partition coefficient (Wildman–Crippen LogP) is 3.57. The maximum atomic E-state index is 13.1. The van der Waals surface area contributed by atoms with Crippen LogP contribution in [0.5, 0.6) is 0 Å². The molecular weight excluding hydrogens is 397 g/mol. The summed E-state index contributed by atoms with van der Waals surface area (Å²) >= 11 is 0. The van der Waals surface area contributed by atoms with Gasteiger partial charge in [0, 0.05) is 43.7 Å². The number of benzene rings is 2. The molecule has 0 radical (unpaired) electrons. The number of amides is 2. The lowest BCUT2D eigenvalue weighted by Gasteiger charge is -2.34. The molecule has 3 aromatic rings. The molecule has 1 aliphatic heterocycles. The van der Waals surface area contributed by atoms with E-state index in [9.17, 15) is 14.0 Å². The van der Waals surface area contributed by atoms with E-state index >= 15 is 0 Å². The lowest BCUT2D eigenvalue weighted by Crippen LogP contribution is -2.51. The number of nitrogens with zero attached hydrogens (tertiary/aromatic N) is 3. The molecule has 6 nitrogen and oxygen atoms in total. The van der Waals surface area contributed by atoms with E-state index in [1.54, 1.807) is 23.1 Å². The number of piperazine rings is 1. The summed E-state index contributed by atoms with van der Waals surface area (Å²) in [5, 5.41) is 3.94. The van der Waals surface area contributed by atoms with Crippen LogP contribution >= 0.6 is 0 Å². The van der Waals surface area contributed by atoms with E-state index in [1.807, 2.05) is 35.2 Å². The van der Waals surface area contributed by atoms with Gasteiger partial charge in [0.15, 0.2) is 11.5 Å². The van der Waals surface area contributed by atoms with Gasteiger partial charge in [-0.1, -0.05) is 47.6 Å². The molecule has 2 unspecified atom stereocenters. The van der Waals surface area contributed by atoms with Crippen molar-refractivity contribution in [3.05, 3.63) is 77.7 Å². The molecule has 2 fully saturated rings. The lowest BCUT2D eigenvalue weighted by molar-refractivity contribution is -0.134. The van der Waals surface area contributed by atoms with Crippen LogP contribution in [-0.2, 0) is 4.79 Å². The fourth-order valence-electron chi connectivity index (χ4n) is 4.19. The quantitative estimate of drug-likeness (QED) is 0.649. The summed E-state index contributed by atoms with van der Waals surface area (Å²) in [6, 6.07) is 17.6. The highest BCUT2D eigenvalue weighted by Crippen LogP contribution is 2.48. The third-order valence-electron chi connectivity index (χ3n) is 6.07. The molecule has 0 spiro atoms. The molecule has 1 saturated carbocycles. The van der Waals surface area contributed by atoms with Gasteiger partial charge in [0.2, 0.25) is 5.91 Å². The van der Waals surface area contributed by atoms with Crippen LogP contribution in [0.2, 0.25) is 0 Å². The van der Waals surface area contributed by atoms with E-state index in [4.69, 9.17) is 4.52 Å². The van der Waals surface area contributed by atoms with Gasteiger partial charge in [0.1, 0.15) is 5.82 Å². The van der Waals surface area contributed by atoms with Crippen LogP contribution in [0.4, 0.5) is 4.39 Å². The maximum absolute atomic E-state index is 13.1. The Morgan fingerprint density at radius 3 is 2.32 bits per heavy atom. The number of hydrogen-bond acceptors (Lipinski definition) is 4. The average Bonchev–Trinajstić information content (AvgIpc) is 3.46. The number of hydrogen-bond donors (Lipinski definition) is 0. The molecule has 2 atom stereocenters. The second kappa shape index (κ2) is 7.98. The number of aromatic nitrogens is 1. The molecule has 1 saturated heterocycles. The Balaban J connectivity index is 1.16. The zero-order valence-electron chi connectivity index (χ0n) is 16.9. The van der Waals surface area contributed by atoms with Crippen molar-refractivity contribution < 1.29 is 18.5 Å². The molecule has 1 aromatic heterocycles. The van der Waals surface area contributed by atoms with Crippen LogP contribution in [0.1, 0.15) is 28.4 Å². The van der Waals surface area contributed by atoms with Crippen LogP contribution in [0, 0.1) is 11.7 Å². The Morgan fingerprint density at radius 1 is 0.935 bits per heavy atom. The minimum atomic E-state index is -0.268. The van der Waals surface area contributed by atoms with Crippen LogP contribution < -0.4 is 0 Å². The van der Waals surface area contributed by atoms with Crippen molar-refractivity contribution in [3.63, 3.8) is 0 Å². The molecule has 158 valence electrons. The van der Waals surface area contributed by atoms with Crippen molar-refractivity contribution in [1.82, 2.24) is 15.0 Å². The van der Waals surface area contributed by atoms with Gasteiger partial charge < -0.3 is 14.3 Å². The Morgan fingerprint density at radius 2 is 1.61 bits per heavy atom. The monoisotopic (exact) mass is 419 g/mol. The maximum Gasteiger partial charge on any atom is 0.276 e. The highest BCUT2D eigenvalue weighted by molar-refractivity contribution is 5.93. The van der Waals surface area contributed by atoms with Gasteiger partial charge in [-0.15, -0.1) is 0 Å². The SMILES string of the molecule is O=C(c1cc(-c2ccccc2)on1)N1CCN(C(=O)C2CC2c2ccc(F)cc2)CC1. The highest BCUT2D eigenvalue weighted by atomic mass is 19.1. The van der Waals surface area contributed by atoms with Crippen LogP contribution in [0.25, 0.3) is 11.3 Å². The summed E-state index contributed by atoms with van der Waals surface area (Å²) in [6.45, 7) is 1.93. The largest absolute Gasteiger partial charge is 0.355 e. The molecule has 0 N–H and O–H groups in total. The van der Waals surface area contributed by atoms with Crippen LogP contribution in [-0.4, -0.2) is 52.9 Å². The first kappa shape index (κ1) is 19.5. The predicted molar refractivity (Wildman–Crippen MR) is 112 cm³/mol. The van der Waals surface area contributed by atoms with Gasteiger partial charge in [-0.05, 0) is 30.0 Å². The third kappa shape index (κ3) is 3.95. The first-order chi connectivity index (χ1) is 15.1. The molecule has 1 aliphatic carbocycles. The normalized spacial score (nSPS) is 20.5. The van der Waals surface area contributed by atoms with Gasteiger partial charge in [0.05, 0.1) is 0 Å². The van der Waals surface area contributed by atoms with Crippen molar-refractivity contribution in [2.45, 2.75) is 12.3 Å². The molecule has 7 heteroatoms. The molecular formula is C24H22FN3O3. The van der Waals surface area contributed by atoms with Crippen LogP contribution in [0.15, 0.2) is 65.2 Å². The summed E-state index contributed by atoms with van der Waals surface area (Å²) in [7, 11) is 0. The van der Waals surface area contributed by atoms with E-state index in [0.29, 0.717) is 31.9 Å². The first-order valence-corrected chi connectivity index (χ1v) is 10.5. The summed E-state index contributed by atoms with van der Waals surface area (Å²) in [5.41, 5.74) is 2.15.